The Labute approximate surface area is 91.7 Å². The lowest BCUT2D eigenvalue weighted by Crippen LogP contribution is -1.98. The van der Waals surface area contributed by atoms with Crippen molar-refractivity contribution >= 4 is 5.82 Å². The van der Waals surface area contributed by atoms with Gasteiger partial charge >= 0.3 is 0 Å². The molecule has 0 bridgehead atoms. The van der Waals surface area contributed by atoms with Crippen LogP contribution in [0.5, 0.6) is 0 Å². The van der Waals surface area contributed by atoms with E-state index in [1.807, 2.05) is 7.05 Å². The van der Waals surface area contributed by atoms with E-state index >= 15 is 0 Å². The van der Waals surface area contributed by atoms with E-state index < -0.39 is 0 Å². The molecule has 0 aliphatic heterocycles. The minimum atomic E-state index is 0.578. The molecule has 2 N–H and O–H groups in total. The molecular formula is C12H21N3. The molecule has 1 aliphatic carbocycles. The maximum absolute atomic E-state index is 5.88. The molecular weight excluding hydrogens is 186 g/mol. The van der Waals surface area contributed by atoms with Crippen LogP contribution in [0.1, 0.15) is 37.9 Å². The van der Waals surface area contributed by atoms with E-state index in [1.165, 1.54) is 18.5 Å². The predicted octanol–water partition coefficient (Wildman–Crippen LogP) is 2.29. The van der Waals surface area contributed by atoms with Gasteiger partial charge < -0.3 is 5.73 Å². The molecule has 1 atom stereocenters. The van der Waals surface area contributed by atoms with Crippen molar-refractivity contribution in [3.8, 4) is 0 Å². The first-order valence-corrected chi connectivity index (χ1v) is 5.70. The van der Waals surface area contributed by atoms with Crippen LogP contribution in [0.25, 0.3) is 0 Å². The van der Waals surface area contributed by atoms with Gasteiger partial charge in [0.25, 0.3) is 0 Å². The third-order valence-electron chi connectivity index (χ3n) is 3.88. The van der Waals surface area contributed by atoms with Gasteiger partial charge in [0.2, 0.25) is 0 Å². The fourth-order valence-electron chi connectivity index (χ4n) is 2.32. The van der Waals surface area contributed by atoms with Crippen LogP contribution in [-0.4, -0.2) is 9.78 Å². The fraction of sp³-hybridized carbons (Fsp3) is 0.750. The first-order chi connectivity index (χ1) is 6.92. The molecule has 0 radical (unpaired) electrons. The minimum absolute atomic E-state index is 0.578. The normalized spacial score (nSPS) is 23.1. The molecule has 1 saturated carbocycles. The van der Waals surface area contributed by atoms with Gasteiger partial charge in [-0.15, -0.1) is 0 Å². The van der Waals surface area contributed by atoms with Gasteiger partial charge in [-0.2, -0.15) is 5.10 Å². The van der Waals surface area contributed by atoms with Gasteiger partial charge in [-0.3, -0.25) is 4.68 Å². The van der Waals surface area contributed by atoms with Crippen molar-refractivity contribution in [3.63, 3.8) is 0 Å². The Morgan fingerprint density at radius 3 is 2.53 bits per heavy atom. The largest absolute Gasteiger partial charge is 0.384 e. The molecule has 0 aromatic carbocycles. The summed E-state index contributed by atoms with van der Waals surface area (Å²) < 4.78 is 1.78. The average molecular weight is 207 g/mol. The predicted molar refractivity (Wildman–Crippen MR) is 62.6 cm³/mol. The standard InChI is InChI=1S/C12H21N3/c1-8-10(14-15(4)11(8)13)6-5-9-7-12(9,2)3/h9H,5-7,13H2,1-4H3. The number of aryl methyl sites for hydroxylation is 2. The first-order valence-electron chi connectivity index (χ1n) is 5.70. The van der Waals surface area contributed by atoms with Crippen molar-refractivity contribution < 1.29 is 0 Å². The molecule has 1 aliphatic rings. The molecule has 1 aromatic heterocycles. The van der Waals surface area contributed by atoms with Crippen LogP contribution >= 0.6 is 0 Å². The SMILES string of the molecule is Cc1c(CCC2CC2(C)C)nn(C)c1N. The Balaban J connectivity index is 1.97. The zero-order chi connectivity index (χ0) is 11.2. The molecule has 3 nitrogen and oxygen atoms in total. The van der Waals surface area contributed by atoms with E-state index in [2.05, 4.69) is 25.9 Å². The van der Waals surface area contributed by atoms with Crippen LogP contribution in [0.4, 0.5) is 5.82 Å². The molecule has 2 rings (SSSR count). The van der Waals surface area contributed by atoms with Crippen molar-refractivity contribution in [1.82, 2.24) is 9.78 Å². The average Bonchev–Trinajstić information content (AvgIpc) is 2.70. The second kappa shape index (κ2) is 3.26. The number of anilines is 1. The van der Waals surface area contributed by atoms with Crippen LogP contribution in [0.3, 0.4) is 0 Å². The topological polar surface area (TPSA) is 43.8 Å². The third-order valence-corrected chi connectivity index (χ3v) is 3.88. The summed E-state index contributed by atoms with van der Waals surface area (Å²) >= 11 is 0. The van der Waals surface area contributed by atoms with Crippen molar-refractivity contribution in [3.05, 3.63) is 11.3 Å². The summed E-state index contributed by atoms with van der Waals surface area (Å²) in [5.74, 6) is 1.69. The van der Waals surface area contributed by atoms with Crippen LogP contribution < -0.4 is 5.73 Å². The van der Waals surface area contributed by atoms with Gasteiger partial charge in [-0.05, 0) is 37.5 Å². The molecule has 1 aromatic rings. The third kappa shape index (κ3) is 1.87. The lowest BCUT2D eigenvalue weighted by atomic mass is 10.0. The number of nitrogen functional groups attached to an aromatic ring is 1. The lowest BCUT2D eigenvalue weighted by Gasteiger charge is -2.01. The van der Waals surface area contributed by atoms with Gasteiger partial charge in [0.15, 0.2) is 0 Å². The number of rotatable bonds is 3. The minimum Gasteiger partial charge on any atom is -0.384 e. The van der Waals surface area contributed by atoms with Crippen molar-refractivity contribution in [2.45, 2.75) is 40.0 Å². The molecule has 0 amide bonds. The Hall–Kier alpha value is -0.990. The summed E-state index contributed by atoms with van der Waals surface area (Å²) in [5.41, 5.74) is 8.80. The first kappa shape index (κ1) is 10.5. The Bertz CT molecular complexity index is 376. The molecule has 1 fully saturated rings. The summed E-state index contributed by atoms with van der Waals surface area (Å²) in [7, 11) is 1.91. The molecule has 84 valence electrons. The summed E-state index contributed by atoms with van der Waals surface area (Å²) in [6, 6.07) is 0. The smallest absolute Gasteiger partial charge is 0.124 e. The van der Waals surface area contributed by atoms with Gasteiger partial charge in [-0.25, -0.2) is 0 Å². The quantitative estimate of drug-likeness (QED) is 0.826. The van der Waals surface area contributed by atoms with Crippen LogP contribution in [0.2, 0.25) is 0 Å². The highest BCUT2D eigenvalue weighted by atomic mass is 15.3. The number of nitrogens with two attached hydrogens (primary N) is 1. The van der Waals surface area contributed by atoms with Gasteiger partial charge in [0.05, 0.1) is 5.69 Å². The molecule has 1 unspecified atom stereocenters. The van der Waals surface area contributed by atoms with Gasteiger partial charge in [0.1, 0.15) is 5.82 Å². The monoisotopic (exact) mass is 207 g/mol. The van der Waals surface area contributed by atoms with Crippen molar-refractivity contribution in [2.75, 3.05) is 5.73 Å². The summed E-state index contributed by atoms with van der Waals surface area (Å²) in [6.45, 7) is 6.75. The highest BCUT2D eigenvalue weighted by Crippen LogP contribution is 2.53. The maximum Gasteiger partial charge on any atom is 0.124 e. The zero-order valence-corrected chi connectivity index (χ0v) is 10.2. The van der Waals surface area contributed by atoms with Crippen LogP contribution in [0.15, 0.2) is 0 Å². The Kier molecular flexibility index (Phi) is 2.28. The van der Waals surface area contributed by atoms with E-state index in [0.717, 1.165) is 23.7 Å². The second-order valence-electron chi connectivity index (χ2n) is 5.51. The summed E-state index contributed by atoms with van der Waals surface area (Å²) in [6.07, 6.45) is 3.70. The van der Waals surface area contributed by atoms with Crippen LogP contribution in [-0.2, 0) is 13.5 Å². The molecule has 1 heterocycles. The van der Waals surface area contributed by atoms with E-state index in [0.29, 0.717) is 5.41 Å². The van der Waals surface area contributed by atoms with Crippen LogP contribution in [0, 0.1) is 18.3 Å². The van der Waals surface area contributed by atoms with Crippen molar-refractivity contribution in [2.24, 2.45) is 18.4 Å². The molecule has 15 heavy (non-hydrogen) atoms. The number of hydrogen-bond acceptors (Lipinski definition) is 2. The molecule has 3 heteroatoms. The number of nitrogens with zero attached hydrogens (tertiary/aromatic N) is 2. The highest BCUT2D eigenvalue weighted by molar-refractivity contribution is 5.42. The maximum atomic E-state index is 5.88. The second-order valence-corrected chi connectivity index (χ2v) is 5.51. The molecule has 0 spiro atoms. The summed E-state index contributed by atoms with van der Waals surface area (Å²) in [5, 5.41) is 4.45. The zero-order valence-electron chi connectivity index (χ0n) is 10.2. The van der Waals surface area contributed by atoms with E-state index in [9.17, 15) is 0 Å². The number of aromatic nitrogens is 2. The molecule has 0 saturated heterocycles. The van der Waals surface area contributed by atoms with Gasteiger partial charge in [0, 0.05) is 12.6 Å². The van der Waals surface area contributed by atoms with Crippen molar-refractivity contribution in [1.29, 1.82) is 0 Å². The lowest BCUT2D eigenvalue weighted by molar-refractivity contribution is 0.529. The summed E-state index contributed by atoms with van der Waals surface area (Å²) in [4.78, 5) is 0. The van der Waals surface area contributed by atoms with E-state index in [4.69, 9.17) is 5.73 Å². The number of hydrogen-bond donors (Lipinski definition) is 1. The fourth-order valence-corrected chi connectivity index (χ4v) is 2.32. The highest BCUT2D eigenvalue weighted by Gasteiger charge is 2.44. The Morgan fingerprint density at radius 2 is 2.13 bits per heavy atom. The Morgan fingerprint density at radius 1 is 1.53 bits per heavy atom. The van der Waals surface area contributed by atoms with E-state index in [-0.39, 0.29) is 0 Å². The van der Waals surface area contributed by atoms with Gasteiger partial charge in [-0.1, -0.05) is 13.8 Å². The van der Waals surface area contributed by atoms with E-state index in [1.54, 1.807) is 4.68 Å².